The summed E-state index contributed by atoms with van der Waals surface area (Å²) in [5.41, 5.74) is 8.69. The summed E-state index contributed by atoms with van der Waals surface area (Å²) >= 11 is 0. The van der Waals surface area contributed by atoms with E-state index < -0.39 is 5.91 Å². The Morgan fingerprint density at radius 3 is 2.69 bits per heavy atom. The Balaban J connectivity index is 1.74. The highest BCUT2D eigenvalue weighted by Gasteiger charge is 2.29. The molecular weight excluding hydrogens is 410 g/mol. The molecule has 4 rings (SSSR count). The van der Waals surface area contributed by atoms with Crippen molar-refractivity contribution in [3.05, 3.63) is 47.9 Å². The number of nitrogens with two attached hydrogens (primary N) is 1. The van der Waals surface area contributed by atoms with E-state index in [1.54, 1.807) is 35.6 Å². The van der Waals surface area contributed by atoms with Gasteiger partial charge in [-0.3, -0.25) is 9.59 Å². The van der Waals surface area contributed by atoms with Gasteiger partial charge in [-0.15, -0.1) is 0 Å². The van der Waals surface area contributed by atoms with Crippen molar-refractivity contribution >= 4 is 34.4 Å². The number of piperidine rings is 1. The van der Waals surface area contributed by atoms with Crippen LogP contribution in [0.4, 0.5) is 11.5 Å². The van der Waals surface area contributed by atoms with Gasteiger partial charge in [-0.1, -0.05) is 6.58 Å². The largest absolute Gasteiger partial charge is 0.508 e. The highest BCUT2D eigenvalue weighted by molar-refractivity contribution is 6.13. The van der Waals surface area contributed by atoms with Crippen molar-refractivity contribution in [3.8, 4) is 5.75 Å². The van der Waals surface area contributed by atoms with Crippen molar-refractivity contribution in [1.82, 2.24) is 24.6 Å². The molecule has 2 amide bonds. The molecule has 0 radical (unpaired) electrons. The molecule has 0 spiro atoms. The van der Waals surface area contributed by atoms with E-state index in [9.17, 15) is 14.7 Å². The first-order chi connectivity index (χ1) is 15.3. The summed E-state index contributed by atoms with van der Waals surface area (Å²) in [5.74, 6) is -0.319. The SMILES string of the molecule is C=CC(=O)N1CCC[C@@H](n2nc(C(=O)Nc3c(C)cc(O)cc3C)c3c(N)ncnc32)C1. The summed E-state index contributed by atoms with van der Waals surface area (Å²) < 4.78 is 1.67. The maximum absolute atomic E-state index is 13.2. The number of carbonyl (C=O) groups excluding carboxylic acids is 2. The number of aryl methyl sites for hydroxylation is 2. The highest BCUT2D eigenvalue weighted by Crippen LogP contribution is 2.30. The van der Waals surface area contributed by atoms with Gasteiger partial charge >= 0.3 is 0 Å². The van der Waals surface area contributed by atoms with Crippen molar-refractivity contribution in [2.75, 3.05) is 24.1 Å². The van der Waals surface area contributed by atoms with Gasteiger partial charge in [-0.25, -0.2) is 14.6 Å². The van der Waals surface area contributed by atoms with Crippen LogP contribution in [0.1, 0.15) is 40.5 Å². The van der Waals surface area contributed by atoms with Gasteiger partial charge in [0.25, 0.3) is 5.91 Å². The second-order valence-electron chi connectivity index (χ2n) is 7.94. The van der Waals surface area contributed by atoms with Gasteiger partial charge in [0, 0.05) is 18.8 Å². The van der Waals surface area contributed by atoms with Crippen LogP contribution in [0.2, 0.25) is 0 Å². The van der Waals surface area contributed by atoms with Crippen molar-refractivity contribution in [3.63, 3.8) is 0 Å². The zero-order chi connectivity index (χ0) is 23.0. The second kappa shape index (κ2) is 8.29. The average molecular weight is 435 g/mol. The normalized spacial score (nSPS) is 16.2. The van der Waals surface area contributed by atoms with E-state index in [0.29, 0.717) is 29.8 Å². The van der Waals surface area contributed by atoms with Gasteiger partial charge in [0.1, 0.15) is 17.9 Å². The summed E-state index contributed by atoms with van der Waals surface area (Å²) in [5, 5.41) is 17.6. The van der Waals surface area contributed by atoms with Crippen LogP contribution in [0, 0.1) is 13.8 Å². The minimum atomic E-state index is -0.457. The lowest BCUT2D eigenvalue weighted by Gasteiger charge is -2.32. The van der Waals surface area contributed by atoms with Gasteiger partial charge in [0.15, 0.2) is 11.3 Å². The maximum Gasteiger partial charge on any atom is 0.277 e. The van der Waals surface area contributed by atoms with Crippen LogP contribution in [0.3, 0.4) is 0 Å². The number of likely N-dealkylation sites (tertiary alicyclic amines) is 1. The predicted octanol–water partition coefficient (Wildman–Crippen LogP) is 2.33. The molecule has 2 aromatic heterocycles. The lowest BCUT2D eigenvalue weighted by molar-refractivity contribution is -0.127. The fourth-order valence-corrected chi connectivity index (χ4v) is 4.20. The van der Waals surface area contributed by atoms with Crippen molar-refractivity contribution in [2.24, 2.45) is 0 Å². The third kappa shape index (κ3) is 3.75. The molecule has 0 saturated carbocycles. The molecule has 10 nitrogen and oxygen atoms in total. The number of phenolic OH excluding ortho intramolecular Hbond substituents is 1. The van der Waals surface area contributed by atoms with E-state index in [1.807, 2.05) is 0 Å². The number of nitrogens with zero attached hydrogens (tertiary/aromatic N) is 5. The van der Waals surface area contributed by atoms with Gasteiger partial charge in [0.2, 0.25) is 5.91 Å². The molecule has 1 fully saturated rings. The molecule has 3 aromatic rings. The Kier molecular flexibility index (Phi) is 5.52. The quantitative estimate of drug-likeness (QED) is 0.422. The molecule has 0 aliphatic carbocycles. The topological polar surface area (TPSA) is 139 Å². The molecule has 10 heteroatoms. The second-order valence-corrected chi connectivity index (χ2v) is 7.94. The Morgan fingerprint density at radius 1 is 1.28 bits per heavy atom. The summed E-state index contributed by atoms with van der Waals surface area (Å²) in [7, 11) is 0. The number of benzene rings is 1. The monoisotopic (exact) mass is 435 g/mol. The summed E-state index contributed by atoms with van der Waals surface area (Å²) in [6.07, 6.45) is 4.20. The smallest absolute Gasteiger partial charge is 0.277 e. The summed E-state index contributed by atoms with van der Waals surface area (Å²) in [6.45, 7) is 8.23. The average Bonchev–Trinajstić information content (AvgIpc) is 3.17. The van der Waals surface area contributed by atoms with Crippen molar-refractivity contribution in [2.45, 2.75) is 32.7 Å². The van der Waals surface area contributed by atoms with Crippen LogP contribution in [0.25, 0.3) is 11.0 Å². The number of amides is 2. The Hall–Kier alpha value is -3.95. The number of hydrogen-bond acceptors (Lipinski definition) is 7. The first-order valence-electron chi connectivity index (χ1n) is 10.3. The van der Waals surface area contributed by atoms with Crippen LogP contribution >= 0.6 is 0 Å². The first-order valence-corrected chi connectivity index (χ1v) is 10.3. The lowest BCUT2D eigenvalue weighted by atomic mass is 10.1. The predicted molar refractivity (Wildman–Crippen MR) is 120 cm³/mol. The Bertz CT molecular complexity index is 1210. The van der Waals surface area contributed by atoms with Crippen molar-refractivity contribution < 1.29 is 14.7 Å². The molecule has 166 valence electrons. The van der Waals surface area contributed by atoms with Crippen LogP contribution in [-0.2, 0) is 4.79 Å². The molecule has 1 aliphatic rings. The number of anilines is 2. The van der Waals surface area contributed by atoms with E-state index in [2.05, 4.69) is 27.0 Å². The fraction of sp³-hybridized carbons (Fsp3) is 0.318. The van der Waals surface area contributed by atoms with E-state index in [-0.39, 0.29) is 29.2 Å². The molecular formula is C22H25N7O3. The highest BCUT2D eigenvalue weighted by atomic mass is 16.3. The zero-order valence-corrected chi connectivity index (χ0v) is 18.0. The van der Waals surface area contributed by atoms with Gasteiger partial charge < -0.3 is 21.1 Å². The zero-order valence-electron chi connectivity index (χ0n) is 18.0. The molecule has 1 atom stereocenters. The fourth-order valence-electron chi connectivity index (χ4n) is 4.20. The molecule has 1 saturated heterocycles. The molecule has 1 aromatic carbocycles. The van der Waals surface area contributed by atoms with Gasteiger partial charge in [0.05, 0.1) is 11.4 Å². The van der Waals surface area contributed by atoms with E-state index in [1.165, 1.54) is 12.4 Å². The number of nitrogens with one attached hydrogen (secondary N) is 1. The van der Waals surface area contributed by atoms with Crippen LogP contribution in [0.15, 0.2) is 31.1 Å². The number of rotatable bonds is 4. The molecule has 3 heterocycles. The lowest BCUT2D eigenvalue weighted by Crippen LogP contribution is -2.40. The molecule has 4 N–H and O–H groups in total. The Morgan fingerprint density at radius 2 is 2.00 bits per heavy atom. The summed E-state index contributed by atoms with van der Waals surface area (Å²) in [4.78, 5) is 35.5. The number of phenols is 1. The minimum absolute atomic E-state index is 0.108. The molecule has 0 unspecified atom stereocenters. The summed E-state index contributed by atoms with van der Waals surface area (Å²) in [6, 6.07) is 2.98. The van der Waals surface area contributed by atoms with Crippen molar-refractivity contribution in [1.29, 1.82) is 0 Å². The van der Waals surface area contributed by atoms with E-state index in [4.69, 9.17) is 5.73 Å². The van der Waals surface area contributed by atoms with Crippen LogP contribution in [-0.4, -0.2) is 54.7 Å². The third-order valence-electron chi connectivity index (χ3n) is 5.72. The van der Waals surface area contributed by atoms with Crippen LogP contribution < -0.4 is 11.1 Å². The van der Waals surface area contributed by atoms with Gasteiger partial charge in [-0.2, -0.15) is 5.10 Å². The minimum Gasteiger partial charge on any atom is -0.508 e. The first kappa shape index (κ1) is 21.3. The van der Waals surface area contributed by atoms with E-state index >= 15 is 0 Å². The number of fused-ring (bicyclic) bond motifs is 1. The number of hydrogen-bond donors (Lipinski definition) is 3. The van der Waals surface area contributed by atoms with Gasteiger partial charge in [-0.05, 0) is 56.0 Å². The number of aromatic nitrogens is 4. The van der Waals surface area contributed by atoms with E-state index in [0.717, 1.165) is 24.0 Å². The number of aromatic hydroxyl groups is 1. The standard InChI is InChI=1S/C22H25N7O3/c1-4-16(31)28-7-5-6-14(10-28)29-21-17(20(23)24-11-25-21)19(27-29)22(32)26-18-12(2)8-15(30)9-13(18)3/h4,8-9,11,14,30H,1,5-7,10H2,2-3H3,(H,26,32)(H2,23,24,25)/t14-/m1/s1. The molecule has 32 heavy (non-hydrogen) atoms. The van der Waals surface area contributed by atoms with Crippen LogP contribution in [0.5, 0.6) is 5.75 Å². The Labute approximate surface area is 184 Å². The number of carbonyl (C=O) groups is 2. The third-order valence-corrected chi connectivity index (χ3v) is 5.72. The maximum atomic E-state index is 13.2. The molecule has 0 bridgehead atoms. The molecule has 1 aliphatic heterocycles. The number of nitrogen functional groups attached to an aromatic ring is 1.